The van der Waals surface area contributed by atoms with Gasteiger partial charge in [-0.3, -0.25) is 0 Å². The van der Waals surface area contributed by atoms with Crippen molar-refractivity contribution in [2.75, 3.05) is 7.11 Å². The van der Waals surface area contributed by atoms with E-state index in [-0.39, 0.29) is 18.0 Å². The van der Waals surface area contributed by atoms with Gasteiger partial charge in [0, 0.05) is 5.56 Å². The molecule has 0 bridgehead atoms. The zero-order chi connectivity index (χ0) is 16.0. The predicted octanol–water partition coefficient (Wildman–Crippen LogP) is 3.57. The fourth-order valence-electron chi connectivity index (χ4n) is 1.97. The summed E-state index contributed by atoms with van der Waals surface area (Å²) in [4.78, 5) is 0. The van der Waals surface area contributed by atoms with Crippen LogP contribution in [0.4, 0.5) is 13.2 Å². The molecule has 0 fully saturated rings. The molecule has 0 heterocycles. The number of hydrogen-bond donors (Lipinski definition) is 2. The molecular formula is C14H21ClF3NO3. The van der Waals surface area contributed by atoms with Gasteiger partial charge in [-0.1, -0.05) is 19.8 Å². The van der Waals surface area contributed by atoms with E-state index in [0.29, 0.717) is 12.2 Å². The largest absolute Gasteiger partial charge is 0.573 e. The maximum atomic E-state index is 12.2. The highest BCUT2D eigenvalue weighted by molar-refractivity contribution is 5.85. The van der Waals surface area contributed by atoms with E-state index >= 15 is 0 Å². The zero-order valence-corrected chi connectivity index (χ0v) is 13.2. The first kappa shape index (κ1) is 20.8. The van der Waals surface area contributed by atoms with Gasteiger partial charge >= 0.3 is 6.36 Å². The molecule has 0 spiro atoms. The molecule has 0 aromatic heterocycles. The second-order valence-corrected chi connectivity index (χ2v) is 4.69. The van der Waals surface area contributed by atoms with E-state index < -0.39 is 24.3 Å². The number of benzene rings is 1. The second kappa shape index (κ2) is 9.07. The summed E-state index contributed by atoms with van der Waals surface area (Å²) in [5, 5.41) is 10.0. The average Bonchev–Trinajstić information content (AvgIpc) is 2.42. The highest BCUT2D eigenvalue weighted by atomic mass is 35.5. The van der Waals surface area contributed by atoms with E-state index in [2.05, 4.69) is 4.74 Å². The number of aliphatic hydroxyl groups is 1. The van der Waals surface area contributed by atoms with Gasteiger partial charge in [0.15, 0.2) is 0 Å². The molecule has 1 rings (SSSR count). The molecule has 0 saturated carbocycles. The highest BCUT2D eigenvalue weighted by Gasteiger charge is 2.32. The van der Waals surface area contributed by atoms with Gasteiger partial charge in [0.25, 0.3) is 0 Å². The summed E-state index contributed by atoms with van der Waals surface area (Å²) >= 11 is 0. The van der Waals surface area contributed by atoms with Gasteiger partial charge in [0.2, 0.25) is 0 Å². The van der Waals surface area contributed by atoms with Crippen molar-refractivity contribution in [1.29, 1.82) is 0 Å². The Morgan fingerprint density at radius 1 is 1.32 bits per heavy atom. The fourth-order valence-corrected chi connectivity index (χ4v) is 1.97. The lowest BCUT2D eigenvalue weighted by Crippen LogP contribution is -2.27. The van der Waals surface area contributed by atoms with Crippen LogP contribution in [0.2, 0.25) is 0 Å². The van der Waals surface area contributed by atoms with Crippen molar-refractivity contribution in [3.63, 3.8) is 0 Å². The molecule has 8 heteroatoms. The smallest absolute Gasteiger partial charge is 0.496 e. The van der Waals surface area contributed by atoms with Gasteiger partial charge in [-0.2, -0.15) is 0 Å². The number of unbranched alkanes of at least 4 members (excludes halogenated alkanes) is 1. The van der Waals surface area contributed by atoms with Crippen LogP contribution in [0.5, 0.6) is 11.5 Å². The van der Waals surface area contributed by atoms with Gasteiger partial charge < -0.3 is 20.3 Å². The maximum absolute atomic E-state index is 12.2. The van der Waals surface area contributed by atoms with Crippen LogP contribution in [0.3, 0.4) is 0 Å². The third-order valence-corrected chi connectivity index (χ3v) is 3.06. The Labute approximate surface area is 133 Å². The third-order valence-electron chi connectivity index (χ3n) is 3.06. The van der Waals surface area contributed by atoms with E-state index in [4.69, 9.17) is 10.5 Å². The molecule has 1 aromatic carbocycles. The number of ether oxygens (including phenoxy) is 2. The number of aliphatic hydroxyl groups excluding tert-OH is 1. The summed E-state index contributed by atoms with van der Waals surface area (Å²) in [6.45, 7) is 1.97. The van der Waals surface area contributed by atoms with Crippen LogP contribution in [0.25, 0.3) is 0 Å². The molecule has 2 atom stereocenters. The number of rotatable bonds is 7. The van der Waals surface area contributed by atoms with Crippen LogP contribution in [-0.2, 0) is 0 Å². The highest BCUT2D eigenvalue weighted by Crippen LogP contribution is 2.33. The third kappa shape index (κ3) is 6.29. The van der Waals surface area contributed by atoms with Crippen LogP contribution < -0.4 is 15.2 Å². The SMILES string of the molecule is CCCC[C@@H](O)[C@@H](N)c1cc(OC(F)(F)F)ccc1OC.Cl. The van der Waals surface area contributed by atoms with Crippen molar-refractivity contribution in [1.82, 2.24) is 0 Å². The molecule has 0 radical (unpaired) electrons. The molecule has 0 aliphatic carbocycles. The quantitative estimate of drug-likeness (QED) is 0.794. The van der Waals surface area contributed by atoms with Crippen molar-refractivity contribution in [3.8, 4) is 11.5 Å². The van der Waals surface area contributed by atoms with E-state index in [9.17, 15) is 18.3 Å². The monoisotopic (exact) mass is 343 g/mol. The van der Waals surface area contributed by atoms with E-state index in [1.54, 1.807) is 0 Å². The van der Waals surface area contributed by atoms with Crippen molar-refractivity contribution in [2.24, 2.45) is 5.73 Å². The number of methoxy groups -OCH3 is 1. The lowest BCUT2D eigenvalue weighted by molar-refractivity contribution is -0.274. The van der Waals surface area contributed by atoms with Crippen molar-refractivity contribution in [2.45, 2.75) is 44.7 Å². The van der Waals surface area contributed by atoms with Crippen molar-refractivity contribution in [3.05, 3.63) is 23.8 Å². The van der Waals surface area contributed by atoms with Gasteiger partial charge in [-0.25, -0.2) is 0 Å². The first-order valence-corrected chi connectivity index (χ1v) is 6.65. The van der Waals surface area contributed by atoms with Crippen molar-refractivity contribution >= 4 is 12.4 Å². The zero-order valence-electron chi connectivity index (χ0n) is 12.4. The minimum absolute atomic E-state index is 0. The first-order chi connectivity index (χ1) is 9.78. The summed E-state index contributed by atoms with van der Waals surface area (Å²) in [7, 11) is 1.38. The Bertz CT molecular complexity index is 457. The number of halogens is 4. The van der Waals surface area contributed by atoms with Crippen LogP contribution in [0.15, 0.2) is 18.2 Å². The minimum atomic E-state index is -4.78. The van der Waals surface area contributed by atoms with Gasteiger partial charge in [0.05, 0.1) is 19.3 Å². The summed E-state index contributed by atoms with van der Waals surface area (Å²) in [6, 6.07) is 2.78. The fraction of sp³-hybridized carbons (Fsp3) is 0.571. The number of alkyl halides is 3. The van der Waals surface area contributed by atoms with Crippen LogP contribution >= 0.6 is 12.4 Å². The maximum Gasteiger partial charge on any atom is 0.573 e. The first-order valence-electron chi connectivity index (χ1n) is 6.65. The average molecular weight is 344 g/mol. The van der Waals surface area contributed by atoms with E-state index in [1.165, 1.54) is 13.2 Å². The molecule has 0 amide bonds. The molecular weight excluding hydrogens is 323 g/mol. The van der Waals surface area contributed by atoms with Crippen LogP contribution in [0, 0.1) is 0 Å². The molecule has 0 aliphatic heterocycles. The molecule has 128 valence electrons. The molecule has 0 saturated heterocycles. The van der Waals surface area contributed by atoms with Crippen molar-refractivity contribution < 1.29 is 27.8 Å². The predicted molar refractivity (Wildman–Crippen MR) is 79.4 cm³/mol. The molecule has 22 heavy (non-hydrogen) atoms. The van der Waals surface area contributed by atoms with Crippen LogP contribution in [-0.4, -0.2) is 24.7 Å². The van der Waals surface area contributed by atoms with Gasteiger partial charge in [0.1, 0.15) is 11.5 Å². The minimum Gasteiger partial charge on any atom is -0.496 e. The number of hydrogen-bond acceptors (Lipinski definition) is 4. The van der Waals surface area contributed by atoms with E-state index in [0.717, 1.165) is 25.0 Å². The van der Waals surface area contributed by atoms with Gasteiger partial charge in [-0.05, 0) is 24.6 Å². The number of nitrogens with two attached hydrogens (primary N) is 1. The topological polar surface area (TPSA) is 64.7 Å². The lowest BCUT2D eigenvalue weighted by Gasteiger charge is -2.22. The molecule has 0 aliphatic rings. The van der Waals surface area contributed by atoms with Gasteiger partial charge in [-0.15, -0.1) is 25.6 Å². The Morgan fingerprint density at radius 2 is 1.95 bits per heavy atom. The lowest BCUT2D eigenvalue weighted by atomic mass is 9.97. The van der Waals surface area contributed by atoms with E-state index in [1.807, 2.05) is 6.92 Å². The Hall–Kier alpha value is -1.18. The normalized spacial score (nSPS) is 14.0. The summed E-state index contributed by atoms with van der Waals surface area (Å²) in [5.74, 6) is -0.0796. The summed E-state index contributed by atoms with van der Waals surface area (Å²) < 4.78 is 45.7. The molecule has 0 unspecified atom stereocenters. The Kier molecular flexibility index (Phi) is 8.58. The summed E-state index contributed by atoms with van der Waals surface area (Å²) in [6.07, 6.45) is -3.52. The molecule has 4 nitrogen and oxygen atoms in total. The molecule has 1 aromatic rings. The second-order valence-electron chi connectivity index (χ2n) is 4.69. The standard InChI is InChI=1S/C14H20F3NO3.ClH/c1-3-4-5-11(19)13(18)10-8-9(21-14(15,16)17)6-7-12(10)20-2;/h6-8,11,13,19H,3-5,18H2,1-2H3;1H/t11-,13+;/m1./s1. The Balaban J connectivity index is 0.00000441. The molecule has 3 N–H and O–H groups in total. The van der Waals surface area contributed by atoms with Crippen LogP contribution in [0.1, 0.15) is 37.8 Å². The summed E-state index contributed by atoms with van der Waals surface area (Å²) in [5.41, 5.74) is 6.20. The Morgan fingerprint density at radius 3 is 2.45 bits per heavy atom.